The molecular weight excluding hydrogens is 242 g/mol. The van der Waals surface area contributed by atoms with Gasteiger partial charge in [-0.1, -0.05) is 6.07 Å². The third kappa shape index (κ3) is 2.88. The Labute approximate surface area is 111 Å². The Morgan fingerprint density at radius 3 is 2.50 bits per heavy atom. The van der Waals surface area contributed by atoms with E-state index in [4.69, 9.17) is 5.26 Å². The first-order chi connectivity index (χ1) is 8.58. The van der Waals surface area contributed by atoms with Gasteiger partial charge in [0.1, 0.15) is 11.8 Å². The molecule has 0 saturated heterocycles. The van der Waals surface area contributed by atoms with Gasteiger partial charge in [-0.15, -0.1) is 0 Å². The standard InChI is InChI=1S/C14H13N3S/c1-9-4-5-13(6-10(9)2)18-14-16-11(3)7-12(8-15)17-14/h4-7H,1-3H3. The van der Waals surface area contributed by atoms with Crippen LogP contribution in [0.1, 0.15) is 22.5 Å². The summed E-state index contributed by atoms with van der Waals surface area (Å²) in [5.41, 5.74) is 3.73. The molecule has 2 rings (SSSR count). The molecule has 0 saturated carbocycles. The smallest absolute Gasteiger partial charge is 0.193 e. The summed E-state index contributed by atoms with van der Waals surface area (Å²) in [5.74, 6) is 0. The third-order valence-corrected chi connectivity index (χ3v) is 3.49. The van der Waals surface area contributed by atoms with Crippen LogP contribution >= 0.6 is 11.8 Å². The van der Waals surface area contributed by atoms with E-state index in [0.29, 0.717) is 10.9 Å². The molecule has 18 heavy (non-hydrogen) atoms. The highest BCUT2D eigenvalue weighted by atomic mass is 32.2. The van der Waals surface area contributed by atoms with E-state index in [1.807, 2.05) is 13.0 Å². The molecule has 90 valence electrons. The molecule has 0 spiro atoms. The molecule has 0 radical (unpaired) electrons. The molecular formula is C14H13N3S. The third-order valence-electron chi connectivity index (χ3n) is 2.64. The normalized spacial score (nSPS) is 10.1. The van der Waals surface area contributed by atoms with Gasteiger partial charge < -0.3 is 0 Å². The van der Waals surface area contributed by atoms with Crippen molar-refractivity contribution >= 4 is 11.8 Å². The molecule has 1 aromatic heterocycles. The van der Waals surface area contributed by atoms with Crippen molar-refractivity contribution in [3.8, 4) is 6.07 Å². The van der Waals surface area contributed by atoms with Crippen LogP contribution in [0.15, 0.2) is 34.3 Å². The Morgan fingerprint density at radius 2 is 1.83 bits per heavy atom. The molecule has 0 N–H and O–H groups in total. The zero-order valence-corrected chi connectivity index (χ0v) is 11.4. The fourth-order valence-electron chi connectivity index (χ4n) is 1.53. The number of hydrogen-bond donors (Lipinski definition) is 0. The molecule has 2 aromatic rings. The minimum absolute atomic E-state index is 0.411. The molecule has 1 aromatic carbocycles. The van der Waals surface area contributed by atoms with Crippen molar-refractivity contribution in [3.63, 3.8) is 0 Å². The minimum atomic E-state index is 0.411. The van der Waals surface area contributed by atoms with Gasteiger partial charge in [0, 0.05) is 10.6 Å². The van der Waals surface area contributed by atoms with E-state index in [1.54, 1.807) is 6.07 Å². The van der Waals surface area contributed by atoms with Crippen molar-refractivity contribution < 1.29 is 0 Å². The number of aromatic nitrogens is 2. The van der Waals surface area contributed by atoms with Crippen LogP contribution < -0.4 is 0 Å². The summed E-state index contributed by atoms with van der Waals surface area (Å²) < 4.78 is 0. The second kappa shape index (κ2) is 5.19. The number of nitrogens with zero attached hydrogens (tertiary/aromatic N) is 3. The van der Waals surface area contributed by atoms with Gasteiger partial charge in [0.2, 0.25) is 0 Å². The molecule has 0 atom stereocenters. The number of benzene rings is 1. The predicted molar refractivity (Wildman–Crippen MR) is 71.5 cm³/mol. The van der Waals surface area contributed by atoms with Crippen LogP contribution in [-0.4, -0.2) is 9.97 Å². The molecule has 1 heterocycles. The molecule has 0 fully saturated rings. The van der Waals surface area contributed by atoms with Crippen molar-refractivity contribution in [1.82, 2.24) is 9.97 Å². The quantitative estimate of drug-likeness (QED) is 0.771. The van der Waals surface area contributed by atoms with Gasteiger partial charge in [-0.3, -0.25) is 0 Å². The van der Waals surface area contributed by atoms with E-state index in [2.05, 4.69) is 42.0 Å². The first-order valence-electron chi connectivity index (χ1n) is 5.59. The van der Waals surface area contributed by atoms with Crippen LogP contribution in [0.25, 0.3) is 0 Å². The maximum absolute atomic E-state index is 8.88. The summed E-state index contributed by atoms with van der Waals surface area (Å²) in [6.07, 6.45) is 0. The highest BCUT2D eigenvalue weighted by molar-refractivity contribution is 7.99. The summed E-state index contributed by atoms with van der Waals surface area (Å²) in [7, 11) is 0. The molecule has 0 unspecified atom stereocenters. The van der Waals surface area contributed by atoms with Crippen molar-refractivity contribution in [3.05, 3.63) is 46.8 Å². The van der Waals surface area contributed by atoms with E-state index in [-0.39, 0.29) is 0 Å². The first kappa shape index (κ1) is 12.6. The Hall–Kier alpha value is -1.86. The SMILES string of the molecule is Cc1cc(C#N)nc(Sc2ccc(C)c(C)c2)n1. The van der Waals surface area contributed by atoms with E-state index in [0.717, 1.165) is 10.6 Å². The summed E-state index contributed by atoms with van der Waals surface area (Å²) in [6, 6.07) is 9.97. The predicted octanol–water partition coefficient (Wildman–Crippen LogP) is 3.42. The lowest BCUT2D eigenvalue weighted by molar-refractivity contribution is 0.919. The average molecular weight is 255 g/mol. The maximum Gasteiger partial charge on any atom is 0.193 e. The van der Waals surface area contributed by atoms with Crippen LogP contribution in [0.3, 0.4) is 0 Å². The zero-order chi connectivity index (χ0) is 13.1. The number of nitriles is 1. The summed E-state index contributed by atoms with van der Waals surface area (Å²) in [4.78, 5) is 9.61. The van der Waals surface area contributed by atoms with Gasteiger partial charge in [-0.05, 0) is 61.9 Å². The first-order valence-corrected chi connectivity index (χ1v) is 6.41. The number of hydrogen-bond acceptors (Lipinski definition) is 4. The molecule has 4 heteroatoms. The Bertz CT molecular complexity index is 629. The fourth-order valence-corrected chi connectivity index (χ4v) is 2.44. The van der Waals surface area contributed by atoms with E-state index < -0.39 is 0 Å². The van der Waals surface area contributed by atoms with Crippen LogP contribution in [-0.2, 0) is 0 Å². The van der Waals surface area contributed by atoms with E-state index >= 15 is 0 Å². The Morgan fingerprint density at radius 1 is 1.06 bits per heavy atom. The zero-order valence-electron chi connectivity index (χ0n) is 10.6. The van der Waals surface area contributed by atoms with Gasteiger partial charge in [0.15, 0.2) is 5.16 Å². The summed E-state index contributed by atoms with van der Waals surface area (Å²) >= 11 is 1.48. The van der Waals surface area contributed by atoms with Gasteiger partial charge in [-0.25, -0.2) is 9.97 Å². The number of aryl methyl sites for hydroxylation is 3. The second-order valence-corrected chi connectivity index (χ2v) is 5.18. The van der Waals surface area contributed by atoms with Gasteiger partial charge in [0.05, 0.1) is 0 Å². The van der Waals surface area contributed by atoms with Crippen molar-refractivity contribution in [2.45, 2.75) is 30.8 Å². The topological polar surface area (TPSA) is 49.6 Å². The molecule has 0 aliphatic heterocycles. The minimum Gasteiger partial charge on any atom is -0.228 e. The van der Waals surface area contributed by atoms with Crippen molar-refractivity contribution in [2.75, 3.05) is 0 Å². The van der Waals surface area contributed by atoms with E-state index in [1.165, 1.54) is 22.9 Å². The van der Waals surface area contributed by atoms with Crippen molar-refractivity contribution in [2.24, 2.45) is 0 Å². The monoisotopic (exact) mass is 255 g/mol. The lowest BCUT2D eigenvalue weighted by atomic mass is 10.1. The van der Waals surface area contributed by atoms with Crippen LogP contribution in [0.4, 0.5) is 0 Å². The Balaban J connectivity index is 2.31. The molecule has 3 nitrogen and oxygen atoms in total. The largest absolute Gasteiger partial charge is 0.228 e. The maximum atomic E-state index is 8.88. The fraction of sp³-hybridized carbons (Fsp3) is 0.214. The molecule has 0 aliphatic rings. The Kier molecular flexibility index (Phi) is 3.63. The summed E-state index contributed by atoms with van der Waals surface area (Å²) in [5, 5.41) is 9.50. The highest BCUT2D eigenvalue weighted by Gasteiger charge is 2.05. The lowest BCUT2D eigenvalue weighted by Crippen LogP contribution is -1.93. The van der Waals surface area contributed by atoms with Crippen LogP contribution in [0.2, 0.25) is 0 Å². The second-order valence-electron chi connectivity index (χ2n) is 4.14. The van der Waals surface area contributed by atoms with Crippen molar-refractivity contribution in [1.29, 1.82) is 5.26 Å². The van der Waals surface area contributed by atoms with Gasteiger partial charge in [0.25, 0.3) is 0 Å². The molecule has 0 bridgehead atoms. The molecule has 0 amide bonds. The summed E-state index contributed by atoms with van der Waals surface area (Å²) in [6.45, 7) is 6.03. The average Bonchev–Trinajstić information content (AvgIpc) is 2.33. The van der Waals surface area contributed by atoms with E-state index in [9.17, 15) is 0 Å². The van der Waals surface area contributed by atoms with Crippen LogP contribution in [0.5, 0.6) is 0 Å². The van der Waals surface area contributed by atoms with Gasteiger partial charge >= 0.3 is 0 Å². The number of rotatable bonds is 2. The highest BCUT2D eigenvalue weighted by Crippen LogP contribution is 2.26. The lowest BCUT2D eigenvalue weighted by Gasteiger charge is -2.04. The van der Waals surface area contributed by atoms with Crippen LogP contribution in [0, 0.1) is 32.1 Å². The van der Waals surface area contributed by atoms with Gasteiger partial charge in [-0.2, -0.15) is 5.26 Å². The molecule has 0 aliphatic carbocycles.